The Morgan fingerprint density at radius 2 is 1.95 bits per heavy atom. The van der Waals surface area contributed by atoms with E-state index in [2.05, 4.69) is 0 Å². The van der Waals surface area contributed by atoms with Crippen LogP contribution in [-0.4, -0.2) is 18.5 Å². The molecule has 1 heterocycles. The fraction of sp³-hybridized carbons (Fsp3) is 0.611. The van der Waals surface area contributed by atoms with Crippen molar-refractivity contribution < 1.29 is 9.18 Å². The van der Waals surface area contributed by atoms with Crippen molar-refractivity contribution in [1.29, 1.82) is 0 Å². The number of amides is 1. The van der Waals surface area contributed by atoms with Crippen LogP contribution in [0.2, 0.25) is 0 Å². The van der Waals surface area contributed by atoms with Gasteiger partial charge in [0.05, 0.1) is 5.69 Å². The van der Waals surface area contributed by atoms with E-state index in [-0.39, 0.29) is 23.7 Å². The first-order chi connectivity index (χ1) is 10.6. The zero-order valence-electron chi connectivity index (χ0n) is 12.8. The maximum Gasteiger partial charge on any atom is 0.230 e. The maximum absolute atomic E-state index is 14.1. The molecular weight excluding hydrogens is 279 g/mol. The molecule has 2 N–H and O–H groups in total. The summed E-state index contributed by atoms with van der Waals surface area (Å²) in [7, 11) is 0. The van der Waals surface area contributed by atoms with E-state index >= 15 is 0 Å². The molecule has 1 amide bonds. The smallest absolute Gasteiger partial charge is 0.230 e. The molecule has 3 aliphatic rings. The summed E-state index contributed by atoms with van der Waals surface area (Å²) in [6.07, 6.45) is 6.06. The second-order valence-corrected chi connectivity index (χ2v) is 7.18. The fourth-order valence-corrected chi connectivity index (χ4v) is 4.84. The van der Waals surface area contributed by atoms with Gasteiger partial charge in [-0.1, -0.05) is 18.6 Å². The molecule has 0 saturated heterocycles. The second kappa shape index (κ2) is 5.34. The Labute approximate surface area is 130 Å². The molecule has 3 nitrogen and oxygen atoms in total. The summed E-state index contributed by atoms with van der Waals surface area (Å²) in [4.78, 5) is 14.7. The van der Waals surface area contributed by atoms with Gasteiger partial charge in [0.25, 0.3) is 0 Å². The number of anilines is 1. The number of benzene rings is 1. The Morgan fingerprint density at radius 1 is 1.23 bits per heavy atom. The summed E-state index contributed by atoms with van der Waals surface area (Å²) >= 11 is 0. The highest BCUT2D eigenvalue weighted by atomic mass is 19.1. The first-order valence-electron chi connectivity index (χ1n) is 8.49. The number of nitrogens with zero attached hydrogens (tertiary/aromatic N) is 1. The summed E-state index contributed by atoms with van der Waals surface area (Å²) in [6.45, 7) is 0.618. The van der Waals surface area contributed by atoms with Crippen LogP contribution < -0.4 is 10.6 Å². The molecule has 2 fully saturated rings. The average molecular weight is 302 g/mol. The van der Waals surface area contributed by atoms with Crippen molar-refractivity contribution in [2.75, 3.05) is 11.4 Å². The molecular formula is C18H23FN2O. The van der Waals surface area contributed by atoms with Crippen LogP contribution in [0.1, 0.15) is 37.7 Å². The highest BCUT2D eigenvalue weighted by Gasteiger charge is 2.42. The minimum absolute atomic E-state index is 0.0284. The Balaban J connectivity index is 1.57. The molecule has 22 heavy (non-hydrogen) atoms. The SMILES string of the molecule is NC1C2CCCC1CC(C(=O)N1CCc3cccc(F)c31)C2. The van der Waals surface area contributed by atoms with Crippen molar-refractivity contribution in [2.45, 2.75) is 44.6 Å². The van der Waals surface area contributed by atoms with Gasteiger partial charge < -0.3 is 10.6 Å². The van der Waals surface area contributed by atoms with E-state index in [1.165, 1.54) is 12.5 Å². The quantitative estimate of drug-likeness (QED) is 0.867. The van der Waals surface area contributed by atoms with Crippen molar-refractivity contribution in [2.24, 2.45) is 23.5 Å². The minimum atomic E-state index is -0.268. The molecule has 1 aliphatic heterocycles. The van der Waals surface area contributed by atoms with E-state index in [4.69, 9.17) is 5.73 Å². The van der Waals surface area contributed by atoms with Crippen LogP contribution in [0, 0.1) is 23.6 Å². The monoisotopic (exact) mass is 302 g/mol. The van der Waals surface area contributed by atoms with Crippen molar-refractivity contribution in [3.05, 3.63) is 29.6 Å². The van der Waals surface area contributed by atoms with E-state index in [0.717, 1.165) is 37.7 Å². The van der Waals surface area contributed by atoms with Gasteiger partial charge in [0.15, 0.2) is 0 Å². The van der Waals surface area contributed by atoms with Gasteiger partial charge in [-0.2, -0.15) is 0 Å². The van der Waals surface area contributed by atoms with Crippen LogP contribution in [0.25, 0.3) is 0 Å². The van der Waals surface area contributed by atoms with Gasteiger partial charge in [-0.3, -0.25) is 4.79 Å². The molecule has 2 saturated carbocycles. The van der Waals surface area contributed by atoms with Gasteiger partial charge in [-0.05, 0) is 55.6 Å². The molecule has 2 bridgehead atoms. The highest BCUT2D eigenvalue weighted by molar-refractivity contribution is 5.97. The third kappa shape index (κ3) is 2.16. The molecule has 1 aromatic carbocycles. The molecule has 2 unspecified atom stereocenters. The number of hydrogen-bond donors (Lipinski definition) is 1. The van der Waals surface area contributed by atoms with E-state index in [1.807, 2.05) is 6.07 Å². The fourth-order valence-electron chi connectivity index (χ4n) is 4.84. The number of halogens is 1. The molecule has 0 spiro atoms. The van der Waals surface area contributed by atoms with E-state index < -0.39 is 0 Å². The lowest BCUT2D eigenvalue weighted by Gasteiger charge is -2.44. The van der Waals surface area contributed by atoms with E-state index in [0.29, 0.717) is 24.1 Å². The Hall–Kier alpha value is -1.42. The standard InChI is InChI=1S/C18H23FN2O/c19-15-6-2-3-11-7-8-21(17(11)15)18(22)14-9-12-4-1-5-13(10-14)16(12)20/h2-3,6,12-14,16H,1,4-5,7-10,20H2. The Kier molecular flexibility index (Phi) is 3.44. The third-order valence-corrected chi connectivity index (χ3v) is 5.97. The molecule has 118 valence electrons. The van der Waals surface area contributed by atoms with Crippen molar-refractivity contribution in [3.8, 4) is 0 Å². The molecule has 0 radical (unpaired) electrons. The molecule has 4 rings (SSSR count). The summed E-state index contributed by atoms with van der Waals surface area (Å²) in [5.41, 5.74) is 7.80. The number of hydrogen-bond acceptors (Lipinski definition) is 2. The first kappa shape index (κ1) is 14.2. The lowest BCUT2D eigenvalue weighted by atomic mass is 9.65. The second-order valence-electron chi connectivity index (χ2n) is 7.18. The largest absolute Gasteiger partial charge is 0.327 e. The van der Waals surface area contributed by atoms with Gasteiger partial charge >= 0.3 is 0 Å². The van der Waals surface area contributed by atoms with Crippen LogP contribution in [0.5, 0.6) is 0 Å². The van der Waals surface area contributed by atoms with Gasteiger partial charge in [0, 0.05) is 18.5 Å². The summed E-state index contributed by atoms with van der Waals surface area (Å²) < 4.78 is 14.1. The Morgan fingerprint density at radius 3 is 2.68 bits per heavy atom. The Bertz CT molecular complexity index is 589. The number of para-hydroxylation sites is 1. The zero-order valence-corrected chi connectivity index (χ0v) is 12.8. The van der Waals surface area contributed by atoms with Gasteiger partial charge in [-0.25, -0.2) is 4.39 Å². The van der Waals surface area contributed by atoms with Crippen LogP contribution >= 0.6 is 0 Å². The predicted molar refractivity (Wildman–Crippen MR) is 84.0 cm³/mol. The van der Waals surface area contributed by atoms with Crippen molar-refractivity contribution in [3.63, 3.8) is 0 Å². The maximum atomic E-state index is 14.1. The van der Waals surface area contributed by atoms with Gasteiger partial charge in [0.1, 0.15) is 5.82 Å². The van der Waals surface area contributed by atoms with Crippen LogP contribution in [0.3, 0.4) is 0 Å². The molecule has 0 aromatic heterocycles. The van der Waals surface area contributed by atoms with Crippen LogP contribution in [0.4, 0.5) is 10.1 Å². The zero-order chi connectivity index (χ0) is 15.3. The lowest BCUT2D eigenvalue weighted by Crippen LogP contribution is -2.49. The van der Waals surface area contributed by atoms with Gasteiger partial charge in [0.2, 0.25) is 5.91 Å². The number of fused-ring (bicyclic) bond motifs is 3. The number of carbonyl (C=O) groups is 1. The third-order valence-electron chi connectivity index (χ3n) is 5.97. The minimum Gasteiger partial charge on any atom is -0.327 e. The van der Waals surface area contributed by atoms with Crippen LogP contribution in [0.15, 0.2) is 18.2 Å². The molecule has 4 heteroatoms. The molecule has 2 atom stereocenters. The van der Waals surface area contributed by atoms with Crippen LogP contribution in [-0.2, 0) is 11.2 Å². The number of nitrogens with two attached hydrogens (primary N) is 1. The van der Waals surface area contributed by atoms with Gasteiger partial charge in [-0.15, -0.1) is 0 Å². The topological polar surface area (TPSA) is 46.3 Å². The van der Waals surface area contributed by atoms with E-state index in [1.54, 1.807) is 11.0 Å². The highest BCUT2D eigenvalue weighted by Crippen LogP contribution is 2.43. The molecule has 2 aliphatic carbocycles. The number of rotatable bonds is 1. The lowest BCUT2D eigenvalue weighted by molar-refractivity contribution is -0.125. The predicted octanol–water partition coefficient (Wildman–Crippen LogP) is 2.87. The average Bonchev–Trinajstić information content (AvgIpc) is 2.91. The normalized spacial score (nSPS) is 33.6. The summed E-state index contributed by atoms with van der Waals surface area (Å²) in [5, 5.41) is 0. The molecule has 1 aromatic rings. The number of carbonyl (C=O) groups excluding carboxylic acids is 1. The summed E-state index contributed by atoms with van der Waals surface area (Å²) in [6, 6.07) is 5.37. The van der Waals surface area contributed by atoms with Crippen molar-refractivity contribution >= 4 is 11.6 Å². The first-order valence-corrected chi connectivity index (χ1v) is 8.49. The van der Waals surface area contributed by atoms with Crippen molar-refractivity contribution in [1.82, 2.24) is 0 Å². The summed E-state index contributed by atoms with van der Waals surface area (Å²) in [5.74, 6) is 0.831. The van der Waals surface area contributed by atoms with E-state index in [9.17, 15) is 9.18 Å².